The molecular weight excluding hydrogens is 270 g/mol. The standard InChI is InChI=1S/C11H6BrN3O/c12-9-1-3-10(4-2-9)16-11-8(7-13)5-6-14-15-11/h1-6H. The Labute approximate surface area is 101 Å². The van der Waals surface area contributed by atoms with Crippen molar-refractivity contribution in [1.29, 1.82) is 5.26 Å². The van der Waals surface area contributed by atoms with Gasteiger partial charge in [-0.25, -0.2) is 0 Å². The van der Waals surface area contributed by atoms with Crippen LogP contribution in [-0.4, -0.2) is 10.2 Å². The number of rotatable bonds is 2. The van der Waals surface area contributed by atoms with E-state index in [-0.39, 0.29) is 5.88 Å². The number of halogens is 1. The van der Waals surface area contributed by atoms with Gasteiger partial charge in [0.05, 0.1) is 6.20 Å². The van der Waals surface area contributed by atoms with Crippen LogP contribution in [0.4, 0.5) is 0 Å². The van der Waals surface area contributed by atoms with Crippen molar-refractivity contribution in [2.45, 2.75) is 0 Å². The van der Waals surface area contributed by atoms with Crippen LogP contribution in [0.2, 0.25) is 0 Å². The van der Waals surface area contributed by atoms with E-state index in [1.807, 2.05) is 18.2 Å². The lowest BCUT2D eigenvalue weighted by molar-refractivity contribution is 0.453. The van der Waals surface area contributed by atoms with E-state index in [9.17, 15) is 0 Å². The molecule has 0 aliphatic heterocycles. The lowest BCUT2D eigenvalue weighted by Crippen LogP contribution is -1.93. The molecule has 78 valence electrons. The predicted octanol–water partition coefficient (Wildman–Crippen LogP) is 2.90. The highest BCUT2D eigenvalue weighted by molar-refractivity contribution is 9.10. The van der Waals surface area contributed by atoms with Crippen molar-refractivity contribution < 1.29 is 4.74 Å². The Bertz CT molecular complexity index is 534. The first-order valence-electron chi connectivity index (χ1n) is 4.45. The van der Waals surface area contributed by atoms with Crippen LogP contribution in [0.25, 0.3) is 0 Å². The molecule has 0 saturated heterocycles. The topological polar surface area (TPSA) is 58.8 Å². The summed E-state index contributed by atoms with van der Waals surface area (Å²) in [4.78, 5) is 0. The quantitative estimate of drug-likeness (QED) is 0.846. The monoisotopic (exact) mass is 275 g/mol. The van der Waals surface area contributed by atoms with Gasteiger partial charge in [0.1, 0.15) is 17.4 Å². The van der Waals surface area contributed by atoms with Crippen LogP contribution >= 0.6 is 15.9 Å². The summed E-state index contributed by atoms with van der Waals surface area (Å²) >= 11 is 3.32. The van der Waals surface area contributed by atoms with Crippen molar-refractivity contribution in [3.05, 3.63) is 46.6 Å². The summed E-state index contributed by atoms with van der Waals surface area (Å²) in [5.74, 6) is 0.826. The zero-order chi connectivity index (χ0) is 11.4. The highest BCUT2D eigenvalue weighted by atomic mass is 79.9. The summed E-state index contributed by atoms with van der Waals surface area (Å²) in [5.41, 5.74) is 0.359. The third-order valence-electron chi connectivity index (χ3n) is 1.84. The Morgan fingerprint density at radius 3 is 2.62 bits per heavy atom. The van der Waals surface area contributed by atoms with Gasteiger partial charge in [0.25, 0.3) is 5.88 Å². The number of nitriles is 1. The maximum absolute atomic E-state index is 8.84. The number of nitrogens with zero attached hydrogens (tertiary/aromatic N) is 3. The average molecular weight is 276 g/mol. The molecule has 0 atom stereocenters. The number of ether oxygens (including phenoxy) is 1. The van der Waals surface area contributed by atoms with E-state index in [2.05, 4.69) is 26.1 Å². The first-order valence-corrected chi connectivity index (χ1v) is 5.24. The van der Waals surface area contributed by atoms with Crippen LogP contribution in [0.5, 0.6) is 11.6 Å². The van der Waals surface area contributed by atoms with Gasteiger partial charge in [0, 0.05) is 4.47 Å². The molecule has 0 radical (unpaired) electrons. The molecular formula is C11H6BrN3O. The molecule has 0 aliphatic rings. The van der Waals surface area contributed by atoms with Crippen LogP contribution < -0.4 is 4.74 Å². The highest BCUT2D eigenvalue weighted by Gasteiger charge is 2.05. The molecule has 1 aromatic carbocycles. The third kappa shape index (κ3) is 2.35. The Morgan fingerprint density at radius 1 is 1.19 bits per heavy atom. The smallest absolute Gasteiger partial charge is 0.256 e. The van der Waals surface area contributed by atoms with Gasteiger partial charge in [-0.3, -0.25) is 0 Å². The minimum absolute atomic E-state index is 0.215. The molecule has 2 aromatic rings. The molecule has 4 nitrogen and oxygen atoms in total. The van der Waals surface area contributed by atoms with E-state index >= 15 is 0 Å². The number of hydrogen-bond acceptors (Lipinski definition) is 4. The Hall–Kier alpha value is -1.93. The van der Waals surface area contributed by atoms with Gasteiger partial charge in [-0.2, -0.15) is 10.4 Å². The molecule has 0 spiro atoms. The van der Waals surface area contributed by atoms with Crippen molar-refractivity contribution in [1.82, 2.24) is 10.2 Å². The van der Waals surface area contributed by atoms with Crippen molar-refractivity contribution in [2.75, 3.05) is 0 Å². The summed E-state index contributed by atoms with van der Waals surface area (Å²) in [6.07, 6.45) is 1.45. The van der Waals surface area contributed by atoms with Gasteiger partial charge in [-0.15, -0.1) is 5.10 Å². The van der Waals surface area contributed by atoms with Crippen molar-refractivity contribution in [3.8, 4) is 17.7 Å². The minimum Gasteiger partial charge on any atom is -0.437 e. The van der Waals surface area contributed by atoms with E-state index in [0.29, 0.717) is 11.3 Å². The average Bonchev–Trinajstić information content (AvgIpc) is 2.33. The Kier molecular flexibility index (Phi) is 3.13. The zero-order valence-corrected chi connectivity index (χ0v) is 9.68. The SMILES string of the molecule is N#Cc1ccnnc1Oc1ccc(Br)cc1. The van der Waals surface area contributed by atoms with Gasteiger partial charge >= 0.3 is 0 Å². The third-order valence-corrected chi connectivity index (χ3v) is 2.36. The summed E-state index contributed by atoms with van der Waals surface area (Å²) < 4.78 is 6.40. The second-order valence-electron chi connectivity index (χ2n) is 2.92. The molecule has 5 heteroatoms. The lowest BCUT2D eigenvalue weighted by Gasteiger charge is -2.04. The molecule has 0 unspecified atom stereocenters. The van der Waals surface area contributed by atoms with Crippen LogP contribution in [0, 0.1) is 11.3 Å². The fraction of sp³-hybridized carbons (Fsp3) is 0. The molecule has 1 aromatic heterocycles. The maximum atomic E-state index is 8.84. The summed E-state index contributed by atoms with van der Waals surface area (Å²) in [7, 11) is 0. The Morgan fingerprint density at radius 2 is 1.94 bits per heavy atom. The van der Waals surface area contributed by atoms with Crippen LogP contribution in [-0.2, 0) is 0 Å². The lowest BCUT2D eigenvalue weighted by atomic mass is 10.3. The molecule has 16 heavy (non-hydrogen) atoms. The molecule has 1 heterocycles. The van der Waals surface area contributed by atoms with Crippen LogP contribution in [0.3, 0.4) is 0 Å². The van der Waals surface area contributed by atoms with Gasteiger partial charge < -0.3 is 4.74 Å². The fourth-order valence-electron chi connectivity index (χ4n) is 1.09. The minimum atomic E-state index is 0.215. The first-order chi connectivity index (χ1) is 7.79. The number of aromatic nitrogens is 2. The second kappa shape index (κ2) is 4.73. The summed E-state index contributed by atoms with van der Waals surface area (Å²) in [6, 6.07) is 10.8. The Balaban J connectivity index is 2.27. The van der Waals surface area contributed by atoms with E-state index < -0.39 is 0 Å². The number of hydrogen-bond donors (Lipinski definition) is 0. The summed E-state index contributed by atoms with van der Waals surface area (Å²) in [5, 5.41) is 16.3. The zero-order valence-electron chi connectivity index (χ0n) is 8.09. The van der Waals surface area contributed by atoms with E-state index in [1.165, 1.54) is 6.20 Å². The fourth-order valence-corrected chi connectivity index (χ4v) is 1.36. The van der Waals surface area contributed by atoms with Crippen molar-refractivity contribution in [3.63, 3.8) is 0 Å². The molecule has 0 fully saturated rings. The molecule has 0 amide bonds. The highest BCUT2D eigenvalue weighted by Crippen LogP contribution is 2.23. The summed E-state index contributed by atoms with van der Waals surface area (Å²) in [6.45, 7) is 0. The van der Waals surface area contributed by atoms with Gasteiger partial charge in [0.2, 0.25) is 0 Å². The molecule has 2 rings (SSSR count). The molecule has 0 N–H and O–H groups in total. The maximum Gasteiger partial charge on any atom is 0.256 e. The largest absolute Gasteiger partial charge is 0.437 e. The van der Waals surface area contributed by atoms with E-state index in [4.69, 9.17) is 10.00 Å². The van der Waals surface area contributed by atoms with Gasteiger partial charge in [-0.05, 0) is 30.3 Å². The first kappa shape index (κ1) is 10.6. The molecule has 0 aliphatic carbocycles. The second-order valence-corrected chi connectivity index (χ2v) is 3.83. The van der Waals surface area contributed by atoms with Gasteiger partial charge in [0.15, 0.2) is 0 Å². The van der Waals surface area contributed by atoms with E-state index in [0.717, 1.165) is 4.47 Å². The van der Waals surface area contributed by atoms with Crippen LogP contribution in [0.15, 0.2) is 41.0 Å². The molecule has 0 bridgehead atoms. The predicted molar refractivity (Wildman–Crippen MR) is 61.0 cm³/mol. The van der Waals surface area contributed by atoms with Crippen molar-refractivity contribution >= 4 is 15.9 Å². The van der Waals surface area contributed by atoms with E-state index in [1.54, 1.807) is 18.2 Å². The van der Waals surface area contributed by atoms with Gasteiger partial charge in [-0.1, -0.05) is 15.9 Å². The van der Waals surface area contributed by atoms with Crippen molar-refractivity contribution in [2.24, 2.45) is 0 Å². The number of benzene rings is 1. The normalized spacial score (nSPS) is 9.50. The van der Waals surface area contributed by atoms with Crippen LogP contribution in [0.1, 0.15) is 5.56 Å². The molecule has 0 saturated carbocycles.